The van der Waals surface area contributed by atoms with Crippen molar-refractivity contribution in [3.05, 3.63) is 60.2 Å². The monoisotopic (exact) mass is 270 g/mol. The third-order valence-corrected chi connectivity index (χ3v) is 5.36. The van der Waals surface area contributed by atoms with Crippen molar-refractivity contribution in [2.24, 2.45) is 0 Å². The fourth-order valence-electron chi connectivity index (χ4n) is 2.01. The Hall–Kier alpha value is -1.53. The van der Waals surface area contributed by atoms with Gasteiger partial charge in [0.25, 0.3) is 0 Å². The molecule has 3 heteroatoms. The zero-order chi connectivity index (χ0) is 13.5. The number of hydrogen-bond donors (Lipinski definition) is 0. The van der Waals surface area contributed by atoms with Crippen LogP contribution in [0.1, 0.15) is 26.7 Å². The molecule has 0 bridgehead atoms. The predicted octanol–water partition coefficient (Wildman–Crippen LogP) is 3.61. The summed E-state index contributed by atoms with van der Waals surface area (Å²) in [6.07, 6.45) is 8.17. The van der Waals surface area contributed by atoms with Crippen molar-refractivity contribution in [3.63, 3.8) is 0 Å². The van der Waals surface area contributed by atoms with E-state index in [-0.39, 0.29) is 0 Å². The van der Waals surface area contributed by atoms with Crippen molar-refractivity contribution in [2.75, 3.05) is 0 Å². The third-order valence-electron chi connectivity index (χ3n) is 2.85. The van der Waals surface area contributed by atoms with Crippen LogP contribution in [0, 0.1) is 0 Å². The van der Waals surface area contributed by atoms with Crippen molar-refractivity contribution in [1.82, 2.24) is 9.97 Å². The van der Waals surface area contributed by atoms with Gasteiger partial charge in [-0.3, -0.25) is 9.97 Å². The minimum Gasteiger partial charge on any atom is -0.256 e. The summed E-state index contributed by atoms with van der Waals surface area (Å²) in [6, 6.07) is 12.3. The molecule has 2 nitrogen and oxygen atoms in total. The summed E-state index contributed by atoms with van der Waals surface area (Å²) < 4.78 is 0. The molecule has 19 heavy (non-hydrogen) atoms. The van der Waals surface area contributed by atoms with E-state index in [4.69, 9.17) is 0 Å². The van der Waals surface area contributed by atoms with Crippen molar-refractivity contribution in [1.29, 1.82) is 0 Å². The summed E-state index contributed by atoms with van der Waals surface area (Å²) >= 11 is 0. The van der Waals surface area contributed by atoms with Gasteiger partial charge in [-0.2, -0.15) is 0 Å². The molecule has 0 amide bonds. The molecule has 2 aromatic heterocycles. The lowest BCUT2D eigenvalue weighted by molar-refractivity contribution is 1.13. The van der Waals surface area contributed by atoms with Crippen molar-refractivity contribution >= 4 is 18.8 Å². The smallest absolute Gasteiger partial charge is 0.0733 e. The Kier molecular flexibility index (Phi) is 5.23. The molecular weight excluding hydrogens is 251 g/mol. The molecule has 0 aromatic carbocycles. The van der Waals surface area contributed by atoms with Crippen LogP contribution in [0.2, 0.25) is 0 Å². The van der Waals surface area contributed by atoms with E-state index in [2.05, 4.69) is 54.2 Å². The first-order valence-corrected chi connectivity index (χ1v) is 8.02. The lowest BCUT2D eigenvalue weighted by atomic mass is 10.3. The number of aromatic nitrogens is 2. The maximum Gasteiger partial charge on any atom is 0.0733 e. The Balaban J connectivity index is 2.48. The molecular formula is C16H19N2P. The first-order valence-electron chi connectivity index (χ1n) is 6.68. The highest BCUT2D eigenvalue weighted by atomic mass is 31.1. The van der Waals surface area contributed by atoms with Crippen LogP contribution in [-0.4, -0.2) is 9.97 Å². The number of nitrogens with zero attached hydrogens (tertiary/aromatic N) is 2. The Morgan fingerprint density at radius 1 is 1.00 bits per heavy atom. The van der Waals surface area contributed by atoms with E-state index in [9.17, 15) is 0 Å². The summed E-state index contributed by atoms with van der Waals surface area (Å²) in [5.41, 5.74) is 2.27. The number of pyridine rings is 2. The Labute approximate surface area is 116 Å². The van der Waals surface area contributed by atoms with Gasteiger partial charge in [0.1, 0.15) is 0 Å². The lowest BCUT2D eigenvalue weighted by Gasteiger charge is -2.19. The molecule has 0 saturated carbocycles. The first-order chi connectivity index (χ1) is 9.36. The average molecular weight is 270 g/mol. The van der Waals surface area contributed by atoms with Gasteiger partial charge in [0, 0.05) is 20.3 Å². The van der Waals surface area contributed by atoms with Gasteiger partial charge in [-0.25, -0.2) is 0 Å². The molecule has 0 fully saturated rings. The van der Waals surface area contributed by atoms with E-state index in [0.717, 1.165) is 23.7 Å². The summed E-state index contributed by atoms with van der Waals surface area (Å²) in [5, 5.41) is 1.45. The fraction of sp³-hybridized carbons (Fsp3) is 0.250. The van der Waals surface area contributed by atoms with E-state index in [1.54, 1.807) is 0 Å². The molecule has 0 unspecified atom stereocenters. The summed E-state index contributed by atoms with van der Waals surface area (Å²) in [4.78, 5) is 9.11. The molecule has 0 spiro atoms. The van der Waals surface area contributed by atoms with E-state index in [1.807, 2.05) is 24.5 Å². The summed E-state index contributed by atoms with van der Waals surface area (Å²) in [6.45, 7) is 4.39. The quantitative estimate of drug-likeness (QED) is 0.776. The molecule has 0 atom stereocenters. The molecule has 2 aromatic rings. The summed E-state index contributed by atoms with van der Waals surface area (Å²) in [5.74, 6) is 0. The van der Waals surface area contributed by atoms with E-state index in [0.29, 0.717) is 0 Å². The second-order valence-electron chi connectivity index (χ2n) is 4.17. The Morgan fingerprint density at radius 2 is 1.58 bits per heavy atom. The second-order valence-corrected chi connectivity index (χ2v) is 6.33. The topological polar surface area (TPSA) is 25.8 Å². The van der Waals surface area contributed by atoms with Crippen LogP contribution in [0.15, 0.2) is 60.2 Å². The molecule has 0 aliphatic heterocycles. The first kappa shape index (κ1) is 13.9. The zero-order valence-electron chi connectivity index (χ0n) is 11.5. The van der Waals surface area contributed by atoms with Gasteiger partial charge >= 0.3 is 0 Å². The van der Waals surface area contributed by atoms with Gasteiger partial charge in [0.05, 0.1) is 10.9 Å². The van der Waals surface area contributed by atoms with Crippen molar-refractivity contribution in [3.8, 4) is 0 Å². The highest BCUT2D eigenvalue weighted by molar-refractivity contribution is 7.76. The van der Waals surface area contributed by atoms with Crippen LogP contribution in [0.3, 0.4) is 0 Å². The molecule has 0 aliphatic rings. The minimum absolute atomic E-state index is 0.581. The SMILES string of the molecule is CCC=C(CC)P(c1ccccn1)c1ccccn1. The van der Waals surface area contributed by atoms with E-state index >= 15 is 0 Å². The molecule has 0 saturated heterocycles. The molecule has 2 heterocycles. The Morgan fingerprint density at radius 3 is 1.95 bits per heavy atom. The normalized spacial score (nSPS) is 11.8. The molecule has 98 valence electrons. The van der Waals surface area contributed by atoms with Gasteiger partial charge in [0.2, 0.25) is 0 Å². The maximum atomic E-state index is 4.55. The highest BCUT2D eigenvalue weighted by Gasteiger charge is 2.19. The summed E-state index contributed by atoms with van der Waals surface area (Å²) in [7, 11) is -0.581. The molecule has 0 radical (unpaired) electrons. The minimum atomic E-state index is -0.581. The molecule has 0 N–H and O–H groups in total. The van der Waals surface area contributed by atoms with Gasteiger partial charge < -0.3 is 0 Å². The van der Waals surface area contributed by atoms with Crippen LogP contribution >= 0.6 is 7.92 Å². The van der Waals surface area contributed by atoms with Gasteiger partial charge in [-0.05, 0) is 42.4 Å². The van der Waals surface area contributed by atoms with Crippen LogP contribution in [-0.2, 0) is 0 Å². The van der Waals surface area contributed by atoms with Crippen LogP contribution in [0.5, 0.6) is 0 Å². The average Bonchev–Trinajstić information content (AvgIpc) is 2.49. The van der Waals surface area contributed by atoms with Crippen LogP contribution in [0.25, 0.3) is 0 Å². The van der Waals surface area contributed by atoms with Crippen molar-refractivity contribution in [2.45, 2.75) is 26.7 Å². The lowest BCUT2D eigenvalue weighted by Crippen LogP contribution is -2.17. The van der Waals surface area contributed by atoms with E-state index in [1.165, 1.54) is 5.31 Å². The number of hydrogen-bond acceptors (Lipinski definition) is 2. The predicted molar refractivity (Wildman–Crippen MR) is 83.3 cm³/mol. The number of rotatable bonds is 5. The maximum absolute atomic E-state index is 4.55. The second kappa shape index (κ2) is 7.16. The van der Waals surface area contributed by atoms with Crippen molar-refractivity contribution < 1.29 is 0 Å². The highest BCUT2D eigenvalue weighted by Crippen LogP contribution is 2.43. The number of allylic oxidation sites excluding steroid dienone is 2. The fourth-order valence-corrected chi connectivity index (χ4v) is 4.35. The van der Waals surface area contributed by atoms with Gasteiger partial charge in [0.15, 0.2) is 0 Å². The Bertz CT molecular complexity index is 483. The largest absolute Gasteiger partial charge is 0.256 e. The third kappa shape index (κ3) is 3.48. The van der Waals surface area contributed by atoms with Gasteiger partial charge in [-0.15, -0.1) is 0 Å². The van der Waals surface area contributed by atoms with E-state index < -0.39 is 7.92 Å². The molecule has 0 aliphatic carbocycles. The zero-order valence-corrected chi connectivity index (χ0v) is 12.3. The standard InChI is InChI=1S/C16H19N2P/c1-3-9-14(4-2)19(15-10-5-7-12-17-15)16-11-6-8-13-18-16/h5-13H,3-4H2,1-2H3. The van der Waals surface area contributed by atoms with Crippen LogP contribution < -0.4 is 10.9 Å². The van der Waals surface area contributed by atoms with Gasteiger partial charge in [-0.1, -0.05) is 32.1 Å². The molecule has 2 rings (SSSR count). The van der Waals surface area contributed by atoms with Crippen LogP contribution in [0.4, 0.5) is 0 Å².